The van der Waals surface area contributed by atoms with E-state index >= 15 is 0 Å². The van der Waals surface area contributed by atoms with E-state index in [-0.39, 0.29) is 11.9 Å². The van der Waals surface area contributed by atoms with Crippen LogP contribution in [-0.4, -0.2) is 52.4 Å². The topological polar surface area (TPSA) is 62.5 Å². The molecular formula is C14H20N4O. The van der Waals surface area contributed by atoms with Crippen LogP contribution in [0.1, 0.15) is 30.1 Å². The number of nitrogens with two attached hydrogens (primary N) is 1. The zero-order valence-corrected chi connectivity index (χ0v) is 11.2. The molecule has 1 aromatic rings. The summed E-state index contributed by atoms with van der Waals surface area (Å²) in [6, 6.07) is 2.45. The Hall–Kier alpha value is -1.62. The molecule has 0 radical (unpaired) electrons. The number of nitrogen functional groups attached to an aromatic ring is 1. The molecule has 1 amide bonds. The molecule has 2 saturated heterocycles. The zero-order valence-electron chi connectivity index (χ0n) is 11.2. The number of aromatic nitrogens is 1. The fraction of sp³-hybridized carbons (Fsp3) is 0.571. The van der Waals surface area contributed by atoms with E-state index in [0.717, 1.165) is 13.1 Å². The second-order valence-electron chi connectivity index (χ2n) is 5.56. The third-order valence-corrected chi connectivity index (χ3v) is 4.28. The predicted octanol–water partition coefficient (Wildman–Crippen LogP) is 0.972. The van der Waals surface area contributed by atoms with E-state index in [1.807, 2.05) is 4.90 Å². The maximum Gasteiger partial charge on any atom is 0.257 e. The minimum absolute atomic E-state index is 0.0182. The van der Waals surface area contributed by atoms with Crippen molar-refractivity contribution in [2.45, 2.75) is 31.8 Å². The van der Waals surface area contributed by atoms with Gasteiger partial charge in [-0.25, -0.2) is 0 Å². The van der Waals surface area contributed by atoms with Gasteiger partial charge in [0, 0.05) is 43.3 Å². The van der Waals surface area contributed by atoms with Crippen molar-refractivity contribution >= 4 is 11.6 Å². The summed E-state index contributed by atoms with van der Waals surface area (Å²) in [5.41, 5.74) is 6.93. The number of piperazine rings is 1. The van der Waals surface area contributed by atoms with Crippen LogP contribution in [0.15, 0.2) is 18.5 Å². The van der Waals surface area contributed by atoms with Crippen molar-refractivity contribution in [1.82, 2.24) is 14.8 Å². The van der Waals surface area contributed by atoms with Crippen LogP contribution in [0.5, 0.6) is 0 Å². The molecule has 102 valence electrons. The normalized spacial score (nSPS) is 27.3. The van der Waals surface area contributed by atoms with E-state index in [0.29, 0.717) is 17.3 Å². The lowest BCUT2D eigenvalue weighted by Crippen LogP contribution is -2.56. The molecule has 0 aliphatic carbocycles. The maximum atomic E-state index is 12.6. The molecule has 3 rings (SSSR count). The highest BCUT2D eigenvalue weighted by molar-refractivity contribution is 5.99. The monoisotopic (exact) mass is 260 g/mol. The smallest absolute Gasteiger partial charge is 0.257 e. The SMILES string of the molecule is C[C@@H]1CN2CCC[C@@H]2CN1C(=O)c1cnccc1N. The average molecular weight is 260 g/mol. The summed E-state index contributed by atoms with van der Waals surface area (Å²) in [6.07, 6.45) is 5.63. The highest BCUT2D eigenvalue weighted by Crippen LogP contribution is 2.26. The zero-order chi connectivity index (χ0) is 13.4. The first kappa shape index (κ1) is 12.4. The third kappa shape index (κ3) is 2.18. The molecule has 2 aliphatic heterocycles. The van der Waals surface area contributed by atoms with Crippen LogP contribution in [0.3, 0.4) is 0 Å². The van der Waals surface area contributed by atoms with E-state index in [1.54, 1.807) is 18.5 Å². The molecule has 2 N–H and O–H groups in total. The first-order valence-corrected chi connectivity index (χ1v) is 6.91. The number of amides is 1. The van der Waals surface area contributed by atoms with Gasteiger partial charge in [0.05, 0.1) is 5.56 Å². The van der Waals surface area contributed by atoms with Crippen molar-refractivity contribution in [3.63, 3.8) is 0 Å². The quantitative estimate of drug-likeness (QED) is 0.817. The van der Waals surface area contributed by atoms with Crippen molar-refractivity contribution in [3.8, 4) is 0 Å². The Morgan fingerprint density at radius 2 is 2.32 bits per heavy atom. The molecule has 19 heavy (non-hydrogen) atoms. The number of fused-ring (bicyclic) bond motifs is 1. The van der Waals surface area contributed by atoms with E-state index < -0.39 is 0 Å². The Morgan fingerprint density at radius 3 is 3.11 bits per heavy atom. The molecule has 1 aromatic heterocycles. The first-order valence-electron chi connectivity index (χ1n) is 6.91. The highest BCUT2D eigenvalue weighted by atomic mass is 16.2. The number of nitrogens with zero attached hydrogens (tertiary/aromatic N) is 3. The molecule has 5 heteroatoms. The number of carbonyl (C=O) groups excluding carboxylic acids is 1. The van der Waals surface area contributed by atoms with Crippen LogP contribution in [0.25, 0.3) is 0 Å². The second kappa shape index (κ2) is 4.81. The van der Waals surface area contributed by atoms with Gasteiger partial charge in [-0.2, -0.15) is 0 Å². The summed E-state index contributed by atoms with van der Waals surface area (Å²) >= 11 is 0. The van der Waals surface area contributed by atoms with Crippen molar-refractivity contribution in [2.24, 2.45) is 0 Å². The number of anilines is 1. The summed E-state index contributed by atoms with van der Waals surface area (Å²) in [5, 5.41) is 0. The first-order chi connectivity index (χ1) is 9.16. The Labute approximate surface area is 113 Å². The summed E-state index contributed by atoms with van der Waals surface area (Å²) in [7, 11) is 0. The molecule has 2 aliphatic rings. The van der Waals surface area contributed by atoms with Gasteiger partial charge in [-0.1, -0.05) is 0 Å². The van der Waals surface area contributed by atoms with Gasteiger partial charge in [-0.05, 0) is 32.4 Å². The lowest BCUT2D eigenvalue weighted by atomic mass is 10.1. The Kier molecular flexibility index (Phi) is 3.14. The summed E-state index contributed by atoms with van der Waals surface area (Å²) in [4.78, 5) is 21.1. The van der Waals surface area contributed by atoms with Crippen LogP contribution < -0.4 is 5.73 Å². The number of rotatable bonds is 1. The van der Waals surface area contributed by atoms with Crippen molar-refractivity contribution in [1.29, 1.82) is 0 Å². The summed E-state index contributed by atoms with van der Waals surface area (Å²) in [6.45, 7) is 5.07. The van der Waals surface area contributed by atoms with E-state index in [2.05, 4.69) is 16.8 Å². The van der Waals surface area contributed by atoms with Gasteiger partial charge < -0.3 is 10.6 Å². The molecular weight excluding hydrogens is 240 g/mol. The van der Waals surface area contributed by atoms with Gasteiger partial charge in [0.2, 0.25) is 0 Å². The molecule has 0 unspecified atom stereocenters. The average Bonchev–Trinajstić information content (AvgIpc) is 2.84. The van der Waals surface area contributed by atoms with Crippen molar-refractivity contribution in [3.05, 3.63) is 24.0 Å². The number of carbonyl (C=O) groups is 1. The van der Waals surface area contributed by atoms with Crippen LogP contribution in [0, 0.1) is 0 Å². The van der Waals surface area contributed by atoms with Gasteiger partial charge in [0.25, 0.3) is 5.91 Å². The minimum Gasteiger partial charge on any atom is -0.398 e. The lowest BCUT2D eigenvalue weighted by molar-refractivity contribution is 0.0396. The fourth-order valence-corrected chi connectivity index (χ4v) is 3.21. The molecule has 3 heterocycles. The largest absolute Gasteiger partial charge is 0.398 e. The van der Waals surface area contributed by atoms with Crippen molar-refractivity contribution in [2.75, 3.05) is 25.4 Å². The van der Waals surface area contributed by atoms with Crippen LogP contribution in [0.2, 0.25) is 0 Å². The molecule has 5 nitrogen and oxygen atoms in total. The number of pyridine rings is 1. The predicted molar refractivity (Wildman–Crippen MR) is 73.7 cm³/mol. The van der Waals surface area contributed by atoms with Crippen LogP contribution in [-0.2, 0) is 0 Å². The Bertz CT molecular complexity index is 490. The number of hydrogen-bond acceptors (Lipinski definition) is 4. The summed E-state index contributed by atoms with van der Waals surface area (Å²) < 4.78 is 0. The van der Waals surface area contributed by atoms with E-state index in [1.165, 1.54) is 19.4 Å². The lowest BCUT2D eigenvalue weighted by Gasteiger charge is -2.42. The standard InChI is InChI=1S/C14H20N4O/c1-10-8-17-6-2-3-11(17)9-18(10)14(19)12-7-16-5-4-13(12)15/h4-5,7,10-11H,2-3,6,8-9H2,1H3,(H2,15,16)/t10-,11-/m1/s1. The van der Waals surface area contributed by atoms with Crippen molar-refractivity contribution < 1.29 is 4.79 Å². The summed E-state index contributed by atoms with van der Waals surface area (Å²) in [5.74, 6) is 0.0182. The number of hydrogen-bond donors (Lipinski definition) is 1. The second-order valence-corrected chi connectivity index (χ2v) is 5.56. The molecule has 0 aromatic carbocycles. The van der Waals surface area contributed by atoms with Gasteiger partial charge >= 0.3 is 0 Å². The Balaban J connectivity index is 1.81. The van der Waals surface area contributed by atoms with Gasteiger partial charge in [0.1, 0.15) is 0 Å². The molecule has 2 atom stereocenters. The Morgan fingerprint density at radius 1 is 1.47 bits per heavy atom. The van der Waals surface area contributed by atoms with Gasteiger partial charge in [-0.15, -0.1) is 0 Å². The van der Waals surface area contributed by atoms with E-state index in [9.17, 15) is 4.79 Å². The van der Waals surface area contributed by atoms with Gasteiger partial charge in [0.15, 0.2) is 0 Å². The van der Waals surface area contributed by atoms with E-state index in [4.69, 9.17) is 5.73 Å². The minimum atomic E-state index is 0.0182. The van der Waals surface area contributed by atoms with Gasteiger partial charge in [-0.3, -0.25) is 14.7 Å². The molecule has 0 bridgehead atoms. The van der Waals surface area contributed by atoms with Crippen LogP contribution in [0.4, 0.5) is 5.69 Å². The highest BCUT2D eigenvalue weighted by Gasteiger charge is 2.37. The fourth-order valence-electron chi connectivity index (χ4n) is 3.21. The van der Waals surface area contributed by atoms with Crippen LogP contribution >= 0.6 is 0 Å². The molecule has 0 saturated carbocycles. The molecule has 0 spiro atoms. The molecule has 2 fully saturated rings. The maximum absolute atomic E-state index is 12.6. The third-order valence-electron chi connectivity index (χ3n) is 4.28.